The number of ether oxygens (including phenoxy) is 2. The molecule has 0 aliphatic carbocycles. The van der Waals surface area contributed by atoms with Crippen LogP contribution in [-0.2, 0) is 6.18 Å². The second kappa shape index (κ2) is 4.66. The first-order valence-electron chi connectivity index (χ1n) is 5.33. The minimum atomic E-state index is -4.56. The van der Waals surface area contributed by atoms with Crippen molar-refractivity contribution in [2.45, 2.75) is 18.7 Å². The summed E-state index contributed by atoms with van der Waals surface area (Å²) in [5, 5.41) is 9.81. The molecule has 4 nitrogen and oxygen atoms in total. The van der Waals surface area contributed by atoms with E-state index in [9.17, 15) is 18.3 Å². The molecule has 18 heavy (non-hydrogen) atoms. The van der Waals surface area contributed by atoms with Gasteiger partial charge in [-0.25, -0.2) is 0 Å². The fourth-order valence-corrected chi connectivity index (χ4v) is 1.87. The highest BCUT2D eigenvalue weighted by Crippen LogP contribution is 2.46. The predicted molar refractivity (Wildman–Crippen MR) is 56.2 cm³/mol. The van der Waals surface area contributed by atoms with Gasteiger partial charge in [-0.05, 0) is 25.1 Å². The van der Waals surface area contributed by atoms with Crippen molar-refractivity contribution in [1.29, 1.82) is 0 Å². The lowest BCUT2D eigenvalue weighted by Crippen LogP contribution is -2.15. The van der Waals surface area contributed by atoms with Gasteiger partial charge >= 0.3 is 6.18 Å². The summed E-state index contributed by atoms with van der Waals surface area (Å²) < 4.78 is 48.6. The van der Waals surface area contributed by atoms with Crippen LogP contribution < -0.4 is 15.2 Å². The quantitative estimate of drug-likeness (QED) is 0.873. The third-order valence-electron chi connectivity index (χ3n) is 2.66. The van der Waals surface area contributed by atoms with Gasteiger partial charge in [0.1, 0.15) is 0 Å². The normalized spacial score (nSPS) is 15.8. The first kappa shape index (κ1) is 13.0. The maximum atomic E-state index is 12.9. The molecule has 100 valence electrons. The summed E-state index contributed by atoms with van der Waals surface area (Å²) in [5.74, 6) is 0.153. The van der Waals surface area contributed by atoms with Crippen molar-refractivity contribution in [2.24, 2.45) is 5.73 Å². The summed E-state index contributed by atoms with van der Waals surface area (Å²) >= 11 is 0. The molecule has 1 atom stereocenters. The summed E-state index contributed by atoms with van der Waals surface area (Å²) in [5.41, 5.74) is 4.03. The molecule has 0 spiro atoms. The number of aliphatic hydroxyl groups is 1. The second-order valence-electron chi connectivity index (χ2n) is 3.85. The zero-order valence-electron chi connectivity index (χ0n) is 9.33. The van der Waals surface area contributed by atoms with E-state index >= 15 is 0 Å². The van der Waals surface area contributed by atoms with Gasteiger partial charge in [-0.2, -0.15) is 13.2 Å². The van der Waals surface area contributed by atoms with Crippen LogP contribution in [0.15, 0.2) is 12.1 Å². The highest BCUT2D eigenvalue weighted by atomic mass is 19.4. The molecule has 0 fully saturated rings. The van der Waals surface area contributed by atoms with Crippen LogP contribution >= 0.6 is 0 Å². The van der Waals surface area contributed by atoms with Gasteiger partial charge < -0.3 is 20.3 Å². The standard InChI is InChI=1S/C11H12F3NO3/c12-11(13,14)6-1-2-8-10(18-5-17-8)9(6)7(16)3-4-15/h1-2,7,16H,3-5,15H2. The smallest absolute Gasteiger partial charge is 0.416 e. The van der Waals surface area contributed by atoms with E-state index in [4.69, 9.17) is 15.2 Å². The van der Waals surface area contributed by atoms with Crippen molar-refractivity contribution in [1.82, 2.24) is 0 Å². The Kier molecular flexibility index (Phi) is 3.36. The van der Waals surface area contributed by atoms with Crippen molar-refractivity contribution in [3.8, 4) is 11.5 Å². The van der Waals surface area contributed by atoms with Gasteiger partial charge in [0, 0.05) is 5.56 Å². The summed E-state index contributed by atoms with van der Waals surface area (Å²) in [6.45, 7) is -0.0814. The van der Waals surface area contributed by atoms with E-state index in [1.54, 1.807) is 0 Å². The van der Waals surface area contributed by atoms with Crippen LogP contribution in [-0.4, -0.2) is 18.4 Å². The number of nitrogens with two attached hydrogens (primary N) is 1. The molecule has 2 rings (SSSR count). The lowest BCUT2D eigenvalue weighted by atomic mass is 9.98. The van der Waals surface area contributed by atoms with Gasteiger partial charge in [-0.15, -0.1) is 0 Å². The SMILES string of the molecule is NCCC(O)c1c(C(F)(F)F)ccc2c1OCO2. The topological polar surface area (TPSA) is 64.7 Å². The van der Waals surface area contributed by atoms with Gasteiger partial charge in [-0.1, -0.05) is 0 Å². The van der Waals surface area contributed by atoms with E-state index in [-0.39, 0.29) is 36.8 Å². The van der Waals surface area contributed by atoms with Crippen molar-refractivity contribution in [2.75, 3.05) is 13.3 Å². The molecule has 0 saturated heterocycles. The number of benzene rings is 1. The van der Waals surface area contributed by atoms with Crippen LogP contribution in [0.5, 0.6) is 11.5 Å². The van der Waals surface area contributed by atoms with Crippen molar-refractivity contribution >= 4 is 0 Å². The first-order chi connectivity index (χ1) is 8.45. The fourth-order valence-electron chi connectivity index (χ4n) is 1.87. The largest absolute Gasteiger partial charge is 0.454 e. The highest BCUT2D eigenvalue weighted by Gasteiger charge is 2.38. The Morgan fingerprint density at radius 2 is 2.06 bits per heavy atom. The number of alkyl halides is 3. The maximum absolute atomic E-state index is 12.9. The Morgan fingerprint density at radius 3 is 2.67 bits per heavy atom. The van der Waals surface area contributed by atoms with Crippen LogP contribution in [0.25, 0.3) is 0 Å². The molecule has 7 heteroatoms. The van der Waals surface area contributed by atoms with Crippen LogP contribution in [0.4, 0.5) is 13.2 Å². The van der Waals surface area contributed by atoms with Crippen molar-refractivity contribution in [3.63, 3.8) is 0 Å². The van der Waals surface area contributed by atoms with Crippen LogP contribution in [0.3, 0.4) is 0 Å². The minimum Gasteiger partial charge on any atom is -0.454 e. The van der Waals surface area contributed by atoms with Gasteiger partial charge in [0.2, 0.25) is 6.79 Å². The molecule has 1 aliphatic heterocycles. The molecule has 1 aliphatic rings. The number of aliphatic hydroxyl groups excluding tert-OH is 1. The molecule has 1 aromatic carbocycles. The molecule has 3 N–H and O–H groups in total. The van der Waals surface area contributed by atoms with Gasteiger partial charge in [-0.3, -0.25) is 0 Å². The Balaban J connectivity index is 2.54. The van der Waals surface area contributed by atoms with Gasteiger partial charge in [0.05, 0.1) is 11.7 Å². The van der Waals surface area contributed by atoms with E-state index in [1.165, 1.54) is 6.07 Å². The maximum Gasteiger partial charge on any atom is 0.416 e. The minimum absolute atomic E-state index is 0.0168. The second-order valence-corrected chi connectivity index (χ2v) is 3.85. The van der Waals surface area contributed by atoms with Gasteiger partial charge in [0.15, 0.2) is 11.5 Å². The van der Waals surface area contributed by atoms with E-state index in [1.807, 2.05) is 0 Å². The van der Waals surface area contributed by atoms with Crippen LogP contribution in [0.2, 0.25) is 0 Å². The molecule has 0 radical (unpaired) electrons. The summed E-state index contributed by atoms with van der Waals surface area (Å²) in [6, 6.07) is 2.06. The number of halogens is 3. The molecular formula is C11H12F3NO3. The van der Waals surface area contributed by atoms with Crippen molar-refractivity contribution < 1.29 is 27.8 Å². The average molecular weight is 263 g/mol. The summed E-state index contributed by atoms with van der Waals surface area (Å²) in [7, 11) is 0. The zero-order chi connectivity index (χ0) is 13.3. The monoisotopic (exact) mass is 263 g/mol. The molecule has 0 bridgehead atoms. The van der Waals surface area contributed by atoms with E-state index in [0.29, 0.717) is 0 Å². The van der Waals surface area contributed by atoms with Crippen LogP contribution in [0, 0.1) is 0 Å². The number of hydrogen-bond acceptors (Lipinski definition) is 4. The molecule has 1 heterocycles. The Bertz CT molecular complexity index is 448. The highest BCUT2D eigenvalue weighted by molar-refractivity contribution is 5.54. The lowest BCUT2D eigenvalue weighted by molar-refractivity contribution is -0.139. The third kappa shape index (κ3) is 2.23. The molecule has 1 unspecified atom stereocenters. The fraction of sp³-hybridized carbons (Fsp3) is 0.455. The van der Waals surface area contributed by atoms with E-state index in [0.717, 1.165) is 6.07 Å². The number of fused-ring (bicyclic) bond motifs is 1. The number of rotatable bonds is 3. The Hall–Kier alpha value is -1.47. The molecule has 1 aromatic rings. The Morgan fingerprint density at radius 1 is 1.33 bits per heavy atom. The summed E-state index contributed by atoms with van der Waals surface area (Å²) in [4.78, 5) is 0. The lowest BCUT2D eigenvalue weighted by Gasteiger charge is -2.18. The molecule has 0 aromatic heterocycles. The predicted octanol–water partition coefficient (Wildman–Crippen LogP) is 1.82. The zero-order valence-corrected chi connectivity index (χ0v) is 9.33. The first-order valence-corrected chi connectivity index (χ1v) is 5.33. The molecule has 0 saturated carbocycles. The molecule has 0 amide bonds. The average Bonchev–Trinajstić information content (AvgIpc) is 2.74. The Labute approximate surface area is 101 Å². The van der Waals surface area contributed by atoms with Crippen molar-refractivity contribution in [3.05, 3.63) is 23.3 Å². The van der Waals surface area contributed by atoms with Crippen LogP contribution in [0.1, 0.15) is 23.7 Å². The number of hydrogen-bond donors (Lipinski definition) is 2. The third-order valence-corrected chi connectivity index (χ3v) is 2.66. The molecular weight excluding hydrogens is 251 g/mol. The van der Waals surface area contributed by atoms with E-state index < -0.39 is 17.8 Å². The summed E-state index contributed by atoms with van der Waals surface area (Å²) in [6.07, 6.45) is -5.88. The van der Waals surface area contributed by atoms with Gasteiger partial charge in [0.25, 0.3) is 0 Å². The van der Waals surface area contributed by atoms with E-state index in [2.05, 4.69) is 0 Å².